The van der Waals surface area contributed by atoms with E-state index in [1.807, 2.05) is 6.92 Å². The van der Waals surface area contributed by atoms with Crippen molar-refractivity contribution in [3.63, 3.8) is 0 Å². The molecule has 28 heavy (non-hydrogen) atoms. The fourth-order valence-electron chi connectivity index (χ4n) is 3.10. The van der Waals surface area contributed by atoms with Crippen molar-refractivity contribution in [3.8, 4) is 0 Å². The molecule has 1 aliphatic heterocycles. The molecular formula is C19H21FN2O6. The van der Waals surface area contributed by atoms with Crippen LogP contribution in [0.2, 0.25) is 0 Å². The molecule has 0 saturated carbocycles. The summed E-state index contributed by atoms with van der Waals surface area (Å²) in [4.78, 5) is 35.4. The van der Waals surface area contributed by atoms with Gasteiger partial charge in [0.2, 0.25) is 5.82 Å². The van der Waals surface area contributed by atoms with Crippen LogP contribution in [0, 0.1) is 15.9 Å². The highest BCUT2D eigenvalue weighted by atomic mass is 19.1. The molecule has 0 amide bonds. The molecular weight excluding hydrogens is 371 g/mol. The summed E-state index contributed by atoms with van der Waals surface area (Å²) in [5.41, 5.74) is 0.517. The Morgan fingerprint density at radius 2 is 1.82 bits per heavy atom. The summed E-state index contributed by atoms with van der Waals surface area (Å²) >= 11 is 0. The second-order valence-electron chi connectivity index (χ2n) is 6.23. The van der Waals surface area contributed by atoms with Gasteiger partial charge in [-0.1, -0.05) is 13.0 Å². The van der Waals surface area contributed by atoms with Gasteiger partial charge in [0.1, 0.15) is 0 Å². The molecule has 1 N–H and O–H groups in total. The summed E-state index contributed by atoms with van der Waals surface area (Å²) in [7, 11) is 1.19. The number of nitrogens with zero attached hydrogens (tertiary/aromatic N) is 1. The number of methoxy groups -OCH3 is 1. The molecule has 150 valence electrons. The van der Waals surface area contributed by atoms with Gasteiger partial charge in [0.15, 0.2) is 0 Å². The smallest absolute Gasteiger partial charge is 0.336 e. The molecule has 0 aromatic heterocycles. The fraction of sp³-hybridized carbons (Fsp3) is 0.368. The van der Waals surface area contributed by atoms with Gasteiger partial charge >= 0.3 is 17.6 Å². The van der Waals surface area contributed by atoms with Crippen molar-refractivity contribution in [1.82, 2.24) is 5.32 Å². The van der Waals surface area contributed by atoms with E-state index in [9.17, 15) is 24.1 Å². The van der Waals surface area contributed by atoms with Crippen LogP contribution in [0.15, 0.2) is 40.7 Å². The summed E-state index contributed by atoms with van der Waals surface area (Å²) in [5, 5.41) is 14.1. The lowest BCUT2D eigenvalue weighted by molar-refractivity contribution is -0.387. The first kappa shape index (κ1) is 21.1. The van der Waals surface area contributed by atoms with Crippen LogP contribution >= 0.6 is 0 Å². The highest BCUT2D eigenvalue weighted by Crippen LogP contribution is 2.40. The van der Waals surface area contributed by atoms with E-state index in [1.165, 1.54) is 13.2 Å². The van der Waals surface area contributed by atoms with Crippen molar-refractivity contribution in [2.24, 2.45) is 0 Å². The lowest BCUT2D eigenvalue weighted by Crippen LogP contribution is -2.32. The number of dihydropyridines is 1. The van der Waals surface area contributed by atoms with Crippen molar-refractivity contribution in [2.75, 3.05) is 13.7 Å². The van der Waals surface area contributed by atoms with Crippen molar-refractivity contribution >= 4 is 17.6 Å². The molecule has 1 aliphatic rings. The number of hydrogen-bond donors (Lipinski definition) is 1. The maximum absolute atomic E-state index is 13.8. The van der Waals surface area contributed by atoms with E-state index in [0.717, 1.165) is 12.1 Å². The summed E-state index contributed by atoms with van der Waals surface area (Å²) < 4.78 is 23.9. The molecule has 1 unspecified atom stereocenters. The van der Waals surface area contributed by atoms with Crippen LogP contribution in [0.25, 0.3) is 0 Å². The lowest BCUT2D eigenvalue weighted by atomic mass is 9.80. The van der Waals surface area contributed by atoms with Crippen LogP contribution in [0.3, 0.4) is 0 Å². The molecule has 1 aromatic carbocycles. The topological polar surface area (TPSA) is 108 Å². The van der Waals surface area contributed by atoms with Crippen LogP contribution in [-0.4, -0.2) is 30.6 Å². The van der Waals surface area contributed by atoms with E-state index in [2.05, 4.69) is 5.32 Å². The van der Waals surface area contributed by atoms with Crippen LogP contribution in [0.1, 0.15) is 38.7 Å². The number of hydrogen-bond acceptors (Lipinski definition) is 7. The largest absolute Gasteiger partial charge is 0.466 e. The van der Waals surface area contributed by atoms with Crippen LogP contribution in [-0.2, 0) is 19.1 Å². The van der Waals surface area contributed by atoms with Crippen LogP contribution in [0.4, 0.5) is 10.1 Å². The predicted molar refractivity (Wildman–Crippen MR) is 97.6 cm³/mol. The Balaban J connectivity index is 2.70. The molecule has 0 saturated heterocycles. The van der Waals surface area contributed by atoms with E-state index in [0.29, 0.717) is 17.8 Å². The minimum atomic E-state index is -1.01. The first-order chi connectivity index (χ1) is 13.2. The molecule has 9 heteroatoms. The van der Waals surface area contributed by atoms with E-state index in [-0.39, 0.29) is 23.3 Å². The van der Waals surface area contributed by atoms with Crippen molar-refractivity contribution in [1.29, 1.82) is 0 Å². The first-order valence-electron chi connectivity index (χ1n) is 8.60. The van der Waals surface area contributed by atoms with E-state index < -0.39 is 34.3 Å². The van der Waals surface area contributed by atoms with Crippen molar-refractivity contribution in [3.05, 3.63) is 62.2 Å². The Bertz CT molecular complexity index is 890. The Kier molecular flexibility index (Phi) is 6.50. The molecule has 0 bridgehead atoms. The fourth-order valence-corrected chi connectivity index (χ4v) is 3.10. The third-order valence-corrected chi connectivity index (χ3v) is 4.32. The average Bonchev–Trinajstić information content (AvgIpc) is 2.65. The van der Waals surface area contributed by atoms with Gasteiger partial charge in [0.05, 0.1) is 35.7 Å². The minimum Gasteiger partial charge on any atom is -0.466 e. The number of halogens is 1. The number of ether oxygens (including phenoxy) is 2. The van der Waals surface area contributed by atoms with Gasteiger partial charge < -0.3 is 14.8 Å². The Morgan fingerprint density at radius 3 is 2.36 bits per heavy atom. The number of esters is 2. The van der Waals surface area contributed by atoms with Crippen molar-refractivity contribution < 1.29 is 28.4 Å². The first-order valence-corrected chi connectivity index (χ1v) is 8.60. The zero-order chi connectivity index (χ0) is 21.0. The number of nitrogens with one attached hydrogen (secondary N) is 1. The van der Waals surface area contributed by atoms with Gasteiger partial charge in [-0.3, -0.25) is 10.1 Å². The SMILES string of the molecule is CCCOC(=O)C1=C(C)NC(C)=C(C(=O)OC)C1c1ccc(F)c([N+](=O)[O-])c1. The zero-order valence-corrected chi connectivity index (χ0v) is 16.0. The van der Waals surface area contributed by atoms with E-state index >= 15 is 0 Å². The van der Waals surface area contributed by atoms with Crippen molar-refractivity contribution in [2.45, 2.75) is 33.1 Å². The second-order valence-corrected chi connectivity index (χ2v) is 6.23. The van der Waals surface area contributed by atoms with Gasteiger partial charge in [0, 0.05) is 17.5 Å². The summed E-state index contributed by atoms with van der Waals surface area (Å²) in [6, 6.07) is 3.25. The highest BCUT2D eigenvalue weighted by molar-refractivity contribution is 5.99. The number of nitro groups is 1. The maximum atomic E-state index is 13.8. The molecule has 0 fully saturated rings. The van der Waals surface area contributed by atoms with Gasteiger partial charge in [0.25, 0.3) is 0 Å². The number of rotatable bonds is 6. The summed E-state index contributed by atoms with van der Waals surface area (Å²) in [6.45, 7) is 5.25. The molecule has 1 heterocycles. The van der Waals surface area contributed by atoms with E-state index in [1.54, 1.807) is 13.8 Å². The molecule has 1 aromatic rings. The quantitative estimate of drug-likeness (QED) is 0.450. The number of allylic oxidation sites excluding steroid dienone is 2. The molecule has 2 rings (SSSR count). The van der Waals surface area contributed by atoms with Gasteiger partial charge in [-0.15, -0.1) is 0 Å². The lowest BCUT2D eigenvalue weighted by Gasteiger charge is -2.30. The standard InChI is InChI=1S/C19H21FN2O6/c1-5-8-28-19(24)16-11(3)21-10(2)15(18(23)27-4)17(16)12-6-7-13(20)14(9-12)22(25)26/h6-7,9,17,21H,5,8H2,1-4H3. The Morgan fingerprint density at radius 1 is 1.21 bits per heavy atom. The highest BCUT2D eigenvalue weighted by Gasteiger charge is 2.38. The number of benzene rings is 1. The number of nitro benzene ring substituents is 1. The maximum Gasteiger partial charge on any atom is 0.336 e. The third kappa shape index (κ3) is 4.03. The number of carbonyl (C=O) groups is 2. The molecule has 0 spiro atoms. The normalized spacial score (nSPS) is 16.5. The van der Waals surface area contributed by atoms with Crippen LogP contribution in [0.5, 0.6) is 0 Å². The summed E-state index contributed by atoms with van der Waals surface area (Å²) in [5.74, 6) is -3.40. The Hall–Kier alpha value is -3.23. The summed E-state index contributed by atoms with van der Waals surface area (Å²) in [6.07, 6.45) is 0.594. The zero-order valence-electron chi connectivity index (χ0n) is 16.0. The average molecular weight is 392 g/mol. The monoisotopic (exact) mass is 392 g/mol. The molecule has 0 radical (unpaired) electrons. The number of carbonyl (C=O) groups excluding carboxylic acids is 2. The molecule has 0 aliphatic carbocycles. The minimum absolute atomic E-state index is 0.0949. The van der Waals surface area contributed by atoms with E-state index in [4.69, 9.17) is 9.47 Å². The third-order valence-electron chi connectivity index (χ3n) is 4.32. The second kappa shape index (κ2) is 8.64. The van der Waals surface area contributed by atoms with Crippen LogP contribution < -0.4 is 5.32 Å². The molecule has 8 nitrogen and oxygen atoms in total. The molecule has 1 atom stereocenters. The van der Waals surface area contributed by atoms with Gasteiger partial charge in [-0.2, -0.15) is 4.39 Å². The predicted octanol–water partition coefficient (Wildman–Crippen LogP) is 3.09. The van der Waals surface area contributed by atoms with Gasteiger partial charge in [-0.05, 0) is 31.9 Å². The Labute approximate surface area is 161 Å². The van der Waals surface area contributed by atoms with Gasteiger partial charge in [-0.25, -0.2) is 9.59 Å².